The van der Waals surface area contributed by atoms with Crippen LogP contribution in [0.1, 0.15) is 0 Å². The molecule has 0 N–H and O–H groups in total. The largest absolute Gasteiger partial charge is 0.390 e. The summed E-state index contributed by atoms with van der Waals surface area (Å²) in [6.07, 6.45) is 0. The molecular formula is H9NSi3. The molecule has 0 aromatic heterocycles. The van der Waals surface area contributed by atoms with Crippen LogP contribution in [-0.4, -0.2) is 35.1 Å². The van der Waals surface area contributed by atoms with Gasteiger partial charge in [-0.2, -0.15) is 0 Å². The smallest absolute Gasteiger partial charge is 0.0625 e. The van der Waals surface area contributed by atoms with E-state index in [2.05, 4.69) is 3.90 Å². The first-order chi connectivity index (χ1) is 1.73. The summed E-state index contributed by atoms with van der Waals surface area (Å²) < 4.78 is 2.42. The molecule has 1 nitrogen and oxygen atoms in total. The predicted octanol–water partition coefficient (Wildman–Crippen LogP) is -3.87. The van der Waals surface area contributed by atoms with E-state index in [-0.39, 0.29) is 0 Å². The van der Waals surface area contributed by atoms with E-state index < -0.39 is 0 Å². The van der Waals surface area contributed by atoms with Crippen LogP contribution in [0.4, 0.5) is 0 Å². The van der Waals surface area contributed by atoms with Gasteiger partial charge in [-0.25, -0.2) is 0 Å². The van der Waals surface area contributed by atoms with Crippen molar-refractivity contribution in [1.82, 2.24) is 3.90 Å². The summed E-state index contributed by atoms with van der Waals surface area (Å²) >= 11 is 0. The molecular weight excluding hydrogens is 98.3 g/mol. The zero-order valence-electron chi connectivity index (χ0n) is 3.45. The van der Waals surface area contributed by atoms with Crippen molar-refractivity contribution in [3.8, 4) is 0 Å². The SMILES string of the molecule is [SiH3]N([SiH3])[SiH3]. The van der Waals surface area contributed by atoms with E-state index in [1.54, 1.807) is 0 Å². The van der Waals surface area contributed by atoms with Crippen molar-refractivity contribution in [2.24, 2.45) is 0 Å². The highest BCUT2D eigenvalue weighted by atomic mass is 28.3. The topological polar surface area (TPSA) is 3.24 Å². The molecule has 0 heterocycles. The third kappa shape index (κ3) is 18.2. The average molecular weight is 107 g/mol. The van der Waals surface area contributed by atoms with Crippen LogP contribution in [0.2, 0.25) is 0 Å². The lowest BCUT2D eigenvalue weighted by Crippen LogP contribution is -2.08. The fourth-order valence-electron chi connectivity index (χ4n) is 0. The summed E-state index contributed by atoms with van der Waals surface area (Å²) in [5, 5.41) is 0. The van der Waals surface area contributed by atoms with Crippen LogP contribution in [0.5, 0.6) is 0 Å². The Kier molecular flexibility index (Phi) is 2.18. The molecule has 0 unspecified atom stereocenters. The van der Waals surface area contributed by atoms with Crippen LogP contribution in [0.25, 0.3) is 0 Å². The fraction of sp³-hybridized carbons (Fsp3) is 0. The Morgan fingerprint density at radius 1 is 1.00 bits per heavy atom. The van der Waals surface area contributed by atoms with E-state index in [4.69, 9.17) is 0 Å². The maximum Gasteiger partial charge on any atom is 0.0625 e. The van der Waals surface area contributed by atoms with Gasteiger partial charge in [-0.3, -0.25) is 0 Å². The minimum Gasteiger partial charge on any atom is -0.390 e. The normalized spacial score (nSPS) is 11.2. The first-order valence-corrected chi connectivity index (χ1v) is 4.02. The fourth-order valence-corrected chi connectivity index (χ4v) is 0. The molecule has 4 heavy (non-hydrogen) atoms. The van der Waals surface area contributed by atoms with E-state index in [1.807, 2.05) is 0 Å². The molecule has 0 saturated carbocycles. The first-order valence-electron chi connectivity index (χ1n) is 1.34. The van der Waals surface area contributed by atoms with Gasteiger partial charge >= 0.3 is 0 Å². The Balaban J connectivity index is 2.32. The standard InChI is InChI=1S/H9NSi3/c2-1(3)4/h2-4H3. The van der Waals surface area contributed by atoms with Crippen LogP contribution in [-0.2, 0) is 0 Å². The Morgan fingerprint density at radius 3 is 1.00 bits per heavy atom. The van der Waals surface area contributed by atoms with E-state index in [0.717, 1.165) is 0 Å². The Morgan fingerprint density at radius 2 is 1.00 bits per heavy atom. The van der Waals surface area contributed by atoms with Crippen molar-refractivity contribution in [3.05, 3.63) is 0 Å². The van der Waals surface area contributed by atoms with Crippen LogP contribution >= 0.6 is 0 Å². The quantitative estimate of drug-likeness (QED) is 0.286. The van der Waals surface area contributed by atoms with E-state index in [0.29, 0.717) is 0 Å². The van der Waals surface area contributed by atoms with Crippen molar-refractivity contribution >= 4 is 31.2 Å². The minimum atomic E-state index is 1.31. The monoisotopic (exact) mass is 107 g/mol. The molecule has 0 atom stereocenters. The maximum absolute atomic E-state index is 2.42. The summed E-state index contributed by atoms with van der Waals surface area (Å²) in [4.78, 5) is 0. The first kappa shape index (κ1) is 4.61. The molecule has 0 amide bonds. The van der Waals surface area contributed by atoms with E-state index in [9.17, 15) is 0 Å². The Labute approximate surface area is 35.9 Å². The van der Waals surface area contributed by atoms with Gasteiger partial charge in [-0.05, 0) is 0 Å². The molecule has 26 valence electrons. The van der Waals surface area contributed by atoms with Gasteiger partial charge in [-0.15, -0.1) is 0 Å². The molecule has 0 aliphatic heterocycles. The zero-order chi connectivity index (χ0) is 3.58. The second kappa shape index (κ2) is 1.89. The van der Waals surface area contributed by atoms with Crippen molar-refractivity contribution in [2.45, 2.75) is 0 Å². The average Bonchev–Trinajstić information content (AvgIpc) is 0.811. The molecule has 0 rings (SSSR count). The summed E-state index contributed by atoms with van der Waals surface area (Å²) in [7, 11) is 3.92. The van der Waals surface area contributed by atoms with Crippen LogP contribution in [0, 0.1) is 0 Å². The van der Waals surface area contributed by atoms with Crippen molar-refractivity contribution in [2.75, 3.05) is 0 Å². The highest BCUT2D eigenvalue weighted by molar-refractivity contribution is 6.41. The summed E-state index contributed by atoms with van der Waals surface area (Å²) in [6.45, 7) is 0. The molecule has 0 fully saturated rings. The third-order valence-electron chi connectivity index (χ3n) is 0. The van der Waals surface area contributed by atoms with Gasteiger partial charge in [0.2, 0.25) is 0 Å². The lowest BCUT2D eigenvalue weighted by atomic mass is 13.8. The van der Waals surface area contributed by atoms with Gasteiger partial charge in [0, 0.05) is 0 Å². The van der Waals surface area contributed by atoms with Gasteiger partial charge in [0.15, 0.2) is 0 Å². The van der Waals surface area contributed by atoms with Gasteiger partial charge in [0.25, 0.3) is 0 Å². The highest BCUT2D eigenvalue weighted by Gasteiger charge is 1.58. The Bertz CT molecular complexity index is 8.00. The van der Waals surface area contributed by atoms with Crippen molar-refractivity contribution in [1.29, 1.82) is 0 Å². The molecule has 0 bridgehead atoms. The van der Waals surface area contributed by atoms with Gasteiger partial charge in [0.05, 0.1) is 31.2 Å². The van der Waals surface area contributed by atoms with E-state index >= 15 is 0 Å². The molecule has 0 aliphatic carbocycles. The number of hydrogen-bond donors (Lipinski definition) is 0. The summed E-state index contributed by atoms with van der Waals surface area (Å²) in [6, 6.07) is 0. The highest BCUT2D eigenvalue weighted by Crippen LogP contribution is 1.38. The number of rotatable bonds is 0. The molecule has 0 aliphatic rings. The van der Waals surface area contributed by atoms with Crippen molar-refractivity contribution < 1.29 is 0 Å². The van der Waals surface area contributed by atoms with Crippen LogP contribution in [0.15, 0.2) is 0 Å². The third-order valence-corrected chi connectivity index (χ3v) is 0. The molecule has 0 saturated heterocycles. The van der Waals surface area contributed by atoms with Crippen molar-refractivity contribution in [3.63, 3.8) is 0 Å². The zero-order valence-corrected chi connectivity index (χ0v) is 9.45. The van der Waals surface area contributed by atoms with Gasteiger partial charge in [0.1, 0.15) is 0 Å². The molecule has 0 spiro atoms. The second-order valence-electron chi connectivity index (χ2n) is 1.34. The van der Waals surface area contributed by atoms with Gasteiger partial charge < -0.3 is 3.90 Å². The number of nitrogens with zero attached hydrogens (tertiary/aromatic N) is 1. The minimum absolute atomic E-state index is 1.31. The van der Waals surface area contributed by atoms with E-state index in [1.165, 1.54) is 31.2 Å². The molecule has 4 heteroatoms. The van der Waals surface area contributed by atoms with Crippen LogP contribution in [0.3, 0.4) is 0 Å². The second-order valence-corrected chi connectivity index (χ2v) is 12.1. The predicted molar refractivity (Wildman–Crippen MR) is 31.7 cm³/mol. The lowest BCUT2D eigenvalue weighted by molar-refractivity contribution is 1.18. The molecule has 0 aromatic rings. The molecule has 0 aromatic carbocycles. The Hall–Kier alpha value is 0.611. The van der Waals surface area contributed by atoms with Gasteiger partial charge in [-0.1, -0.05) is 0 Å². The lowest BCUT2D eigenvalue weighted by Gasteiger charge is -1.91. The van der Waals surface area contributed by atoms with Crippen LogP contribution < -0.4 is 0 Å². The maximum atomic E-state index is 2.42. The number of hydrogen-bond acceptors (Lipinski definition) is 1. The molecule has 0 radical (unpaired) electrons. The summed E-state index contributed by atoms with van der Waals surface area (Å²) in [5.74, 6) is 0. The summed E-state index contributed by atoms with van der Waals surface area (Å²) in [5.41, 5.74) is 0.